The smallest absolute Gasteiger partial charge is 0.255 e. The van der Waals surface area contributed by atoms with E-state index in [1.807, 2.05) is 54.6 Å². The summed E-state index contributed by atoms with van der Waals surface area (Å²) >= 11 is 12.5. The van der Waals surface area contributed by atoms with Crippen LogP contribution in [0.15, 0.2) is 79.3 Å². The molecule has 0 radical (unpaired) electrons. The van der Waals surface area contributed by atoms with Crippen molar-refractivity contribution in [1.82, 2.24) is 25.3 Å². The Balaban J connectivity index is 1.48. The van der Waals surface area contributed by atoms with E-state index in [1.54, 1.807) is 24.7 Å². The molecule has 1 aliphatic heterocycles. The monoisotopic (exact) mass is 515 g/mol. The Labute approximate surface area is 216 Å². The van der Waals surface area contributed by atoms with Crippen LogP contribution in [0.2, 0.25) is 10.0 Å². The molecule has 0 aliphatic carbocycles. The normalized spacial score (nSPS) is 14.8. The number of aromatic nitrogens is 4. The first-order valence-corrected chi connectivity index (χ1v) is 12.1. The number of halogens is 2. The molecule has 6 rings (SSSR count). The van der Waals surface area contributed by atoms with Crippen LogP contribution in [0.4, 0.5) is 0 Å². The van der Waals surface area contributed by atoms with Gasteiger partial charge in [0.1, 0.15) is 11.4 Å². The van der Waals surface area contributed by atoms with Crippen LogP contribution >= 0.6 is 23.2 Å². The van der Waals surface area contributed by atoms with Gasteiger partial charge in [0.15, 0.2) is 0 Å². The van der Waals surface area contributed by atoms with Crippen molar-refractivity contribution < 1.29 is 9.53 Å². The summed E-state index contributed by atoms with van der Waals surface area (Å²) in [5.74, 6) is 0.513. The Morgan fingerprint density at radius 3 is 2.58 bits per heavy atom. The highest BCUT2D eigenvalue weighted by Crippen LogP contribution is 2.35. The third-order valence-electron chi connectivity index (χ3n) is 6.17. The summed E-state index contributed by atoms with van der Waals surface area (Å²) in [6, 6.07) is 18.6. The predicted molar refractivity (Wildman–Crippen MR) is 139 cm³/mol. The van der Waals surface area contributed by atoms with Crippen molar-refractivity contribution in [2.24, 2.45) is 0 Å². The number of benzene rings is 3. The Morgan fingerprint density at radius 1 is 1.00 bits per heavy atom. The predicted octanol–water partition coefficient (Wildman–Crippen LogP) is 6.04. The third kappa shape index (κ3) is 4.06. The number of carbonyl (C=O) groups is 1. The number of nitrogens with zero attached hydrogens (tertiary/aromatic N) is 4. The summed E-state index contributed by atoms with van der Waals surface area (Å²) in [6.45, 7) is 0.525. The second-order valence-corrected chi connectivity index (χ2v) is 9.27. The van der Waals surface area contributed by atoms with Gasteiger partial charge in [-0.05, 0) is 29.8 Å². The summed E-state index contributed by atoms with van der Waals surface area (Å²) < 4.78 is 5.75. The average Bonchev–Trinajstić information content (AvgIpc) is 3.42. The molecule has 1 N–H and O–H groups in total. The molecule has 0 saturated heterocycles. The second-order valence-electron chi connectivity index (χ2n) is 8.40. The van der Waals surface area contributed by atoms with Crippen molar-refractivity contribution in [1.29, 1.82) is 0 Å². The number of hydrogen-bond donors (Lipinski definition) is 1. The standard InChI is InChI=1S/C27H19Cl2N5O2/c28-17-12-16(13-18(29)14-17)19-5-3-6-21-25(19)30-15-22(26(21)34-31-9-10-32-34)27(35)33-23-8-11-36-24-7-2-1-4-20(23)24/h1-7,9-10,12-15,23H,8,11H2,(H,33,35). The molecule has 36 heavy (non-hydrogen) atoms. The minimum atomic E-state index is -0.269. The number of fused-ring (bicyclic) bond motifs is 2. The molecule has 1 atom stereocenters. The Morgan fingerprint density at radius 2 is 1.78 bits per heavy atom. The van der Waals surface area contributed by atoms with Crippen LogP contribution in [0.5, 0.6) is 5.75 Å². The SMILES string of the molecule is O=C(NC1CCOc2ccccc21)c1cnc2c(-c3cc(Cl)cc(Cl)c3)cccc2c1-n1nccn1. The Kier molecular flexibility index (Phi) is 5.79. The number of ether oxygens (including phenoxy) is 1. The van der Waals surface area contributed by atoms with E-state index < -0.39 is 0 Å². The van der Waals surface area contributed by atoms with Gasteiger partial charge in [-0.15, -0.1) is 0 Å². The van der Waals surface area contributed by atoms with Crippen LogP contribution in [0.25, 0.3) is 27.7 Å². The van der Waals surface area contributed by atoms with Crippen molar-refractivity contribution in [3.63, 3.8) is 0 Å². The topological polar surface area (TPSA) is 81.9 Å². The first-order chi connectivity index (χ1) is 17.6. The van der Waals surface area contributed by atoms with Crippen molar-refractivity contribution in [2.75, 3.05) is 6.61 Å². The van der Waals surface area contributed by atoms with Gasteiger partial charge in [-0.3, -0.25) is 9.78 Å². The number of amides is 1. The lowest BCUT2D eigenvalue weighted by molar-refractivity contribution is 0.0924. The number of para-hydroxylation sites is 2. The molecule has 1 amide bonds. The van der Waals surface area contributed by atoms with Crippen molar-refractivity contribution >= 4 is 40.0 Å². The molecule has 7 nitrogen and oxygen atoms in total. The molecule has 178 valence electrons. The highest BCUT2D eigenvalue weighted by molar-refractivity contribution is 6.35. The van der Waals surface area contributed by atoms with E-state index in [-0.39, 0.29) is 11.9 Å². The van der Waals surface area contributed by atoms with Crippen LogP contribution in [0.1, 0.15) is 28.4 Å². The summed E-state index contributed by atoms with van der Waals surface area (Å²) in [5.41, 5.74) is 4.18. The van der Waals surface area contributed by atoms with E-state index in [4.69, 9.17) is 32.9 Å². The molecular weight excluding hydrogens is 497 g/mol. The lowest BCUT2D eigenvalue weighted by Crippen LogP contribution is -2.33. The van der Waals surface area contributed by atoms with Gasteiger partial charge in [0.05, 0.1) is 36.1 Å². The molecule has 1 unspecified atom stereocenters. The molecule has 0 bridgehead atoms. The van der Waals surface area contributed by atoms with E-state index in [0.717, 1.165) is 27.8 Å². The van der Waals surface area contributed by atoms with Gasteiger partial charge in [-0.25, -0.2) is 0 Å². The van der Waals surface area contributed by atoms with Crippen LogP contribution in [0.3, 0.4) is 0 Å². The van der Waals surface area contributed by atoms with Crippen molar-refractivity contribution in [3.05, 3.63) is 100 Å². The summed E-state index contributed by atoms with van der Waals surface area (Å²) in [5, 5.41) is 13.6. The van der Waals surface area contributed by atoms with E-state index in [1.165, 1.54) is 4.80 Å². The van der Waals surface area contributed by atoms with Gasteiger partial charge in [0.2, 0.25) is 0 Å². The Bertz CT molecular complexity index is 1580. The van der Waals surface area contributed by atoms with E-state index >= 15 is 0 Å². The van der Waals surface area contributed by atoms with Crippen LogP contribution in [0, 0.1) is 0 Å². The zero-order chi connectivity index (χ0) is 24.6. The molecule has 0 saturated carbocycles. The van der Waals surface area contributed by atoms with E-state index in [9.17, 15) is 4.79 Å². The lowest BCUT2D eigenvalue weighted by atomic mass is 9.98. The van der Waals surface area contributed by atoms with Crippen molar-refractivity contribution in [2.45, 2.75) is 12.5 Å². The third-order valence-corrected chi connectivity index (χ3v) is 6.61. The molecule has 0 fully saturated rings. The number of rotatable bonds is 4. The van der Waals surface area contributed by atoms with Gasteiger partial charge < -0.3 is 10.1 Å². The maximum absolute atomic E-state index is 13.6. The fourth-order valence-corrected chi connectivity index (χ4v) is 5.12. The van der Waals surface area contributed by atoms with E-state index in [2.05, 4.69) is 15.5 Å². The van der Waals surface area contributed by atoms with Crippen LogP contribution < -0.4 is 10.1 Å². The fourth-order valence-electron chi connectivity index (χ4n) is 4.59. The molecular formula is C27H19Cl2N5O2. The lowest BCUT2D eigenvalue weighted by Gasteiger charge is -2.27. The maximum Gasteiger partial charge on any atom is 0.255 e. The minimum absolute atomic E-state index is 0.184. The minimum Gasteiger partial charge on any atom is -0.493 e. The zero-order valence-corrected chi connectivity index (χ0v) is 20.4. The largest absolute Gasteiger partial charge is 0.493 e. The molecule has 1 aliphatic rings. The molecule has 5 aromatic rings. The number of pyridine rings is 1. The van der Waals surface area contributed by atoms with Gasteiger partial charge >= 0.3 is 0 Å². The molecule has 9 heteroatoms. The first-order valence-electron chi connectivity index (χ1n) is 11.4. The number of hydrogen-bond acceptors (Lipinski definition) is 5. The van der Waals surface area contributed by atoms with Gasteiger partial charge in [0.25, 0.3) is 5.91 Å². The van der Waals surface area contributed by atoms with Gasteiger partial charge in [-0.1, -0.05) is 59.6 Å². The second kappa shape index (κ2) is 9.26. The van der Waals surface area contributed by atoms with E-state index in [0.29, 0.717) is 39.8 Å². The average molecular weight is 516 g/mol. The summed E-state index contributed by atoms with van der Waals surface area (Å²) in [7, 11) is 0. The molecule has 2 aromatic heterocycles. The highest BCUT2D eigenvalue weighted by Gasteiger charge is 2.26. The van der Waals surface area contributed by atoms with Gasteiger partial charge in [0, 0.05) is 39.2 Å². The van der Waals surface area contributed by atoms with Crippen LogP contribution in [-0.2, 0) is 0 Å². The van der Waals surface area contributed by atoms with Crippen LogP contribution in [-0.4, -0.2) is 32.5 Å². The maximum atomic E-state index is 13.6. The fraction of sp³-hybridized carbons (Fsp3) is 0.111. The highest BCUT2D eigenvalue weighted by atomic mass is 35.5. The molecule has 0 spiro atoms. The first kappa shape index (κ1) is 22.5. The zero-order valence-electron chi connectivity index (χ0n) is 18.9. The van der Waals surface area contributed by atoms with Crippen molar-refractivity contribution in [3.8, 4) is 22.6 Å². The molecule has 3 aromatic carbocycles. The number of nitrogens with one attached hydrogen (secondary N) is 1. The number of carbonyl (C=O) groups excluding carboxylic acids is 1. The summed E-state index contributed by atoms with van der Waals surface area (Å²) in [4.78, 5) is 19.8. The van der Waals surface area contributed by atoms with Gasteiger partial charge in [-0.2, -0.15) is 15.0 Å². The summed E-state index contributed by atoms with van der Waals surface area (Å²) in [6.07, 6.45) is 5.38. The Hall–Kier alpha value is -3.94. The quantitative estimate of drug-likeness (QED) is 0.315. The molecule has 3 heterocycles.